The molecule has 1 aromatic heterocycles. The molecule has 0 unspecified atom stereocenters. The van der Waals surface area contributed by atoms with Gasteiger partial charge in [-0.25, -0.2) is 9.78 Å². The maximum Gasteiger partial charge on any atom is 0.337 e. The fourth-order valence-electron chi connectivity index (χ4n) is 2.63. The van der Waals surface area contributed by atoms with Crippen molar-refractivity contribution in [3.05, 3.63) is 22.8 Å². The number of hydrogen-bond donors (Lipinski definition) is 2. The van der Waals surface area contributed by atoms with Crippen molar-refractivity contribution in [2.24, 2.45) is 5.92 Å². The van der Waals surface area contributed by atoms with Crippen LogP contribution >= 0.6 is 11.6 Å². The summed E-state index contributed by atoms with van der Waals surface area (Å²) in [7, 11) is 0. The molecule has 104 valence electrons. The van der Waals surface area contributed by atoms with Gasteiger partial charge in [0.25, 0.3) is 0 Å². The van der Waals surface area contributed by atoms with E-state index in [0.29, 0.717) is 5.82 Å². The SMILES string of the molecule is O=C(O)c1ccnc(NCCCC2CCCC2)c1Cl. The highest BCUT2D eigenvalue weighted by Gasteiger charge is 2.15. The van der Waals surface area contributed by atoms with Gasteiger partial charge in [-0.05, 0) is 24.8 Å². The summed E-state index contributed by atoms with van der Waals surface area (Å²) in [5.74, 6) is 0.310. The number of nitrogens with one attached hydrogen (secondary N) is 1. The Morgan fingerprint density at radius 3 is 2.89 bits per heavy atom. The molecule has 0 amide bonds. The second-order valence-electron chi connectivity index (χ2n) is 5.05. The Morgan fingerprint density at radius 1 is 1.47 bits per heavy atom. The number of anilines is 1. The van der Waals surface area contributed by atoms with E-state index < -0.39 is 5.97 Å². The van der Waals surface area contributed by atoms with E-state index in [9.17, 15) is 4.79 Å². The van der Waals surface area contributed by atoms with Crippen molar-refractivity contribution in [2.45, 2.75) is 38.5 Å². The van der Waals surface area contributed by atoms with E-state index in [1.807, 2.05) is 0 Å². The highest BCUT2D eigenvalue weighted by atomic mass is 35.5. The van der Waals surface area contributed by atoms with Gasteiger partial charge in [-0.15, -0.1) is 0 Å². The van der Waals surface area contributed by atoms with Crippen molar-refractivity contribution < 1.29 is 9.90 Å². The van der Waals surface area contributed by atoms with Crippen LogP contribution in [0.15, 0.2) is 12.3 Å². The number of aromatic carboxylic acids is 1. The topological polar surface area (TPSA) is 62.2 Å². The number of carboxylic acids is 1. The molecular formula is C14H19ClN2O2. The number of nitrogens with zero attached hydrogens (tertiary/aromatic N) is 1. The fraction of sp³-hybridized carbons (Fsp3) is 0.571. The molecule has 19 heavy (non-hydrogen) atoms. The number of carbonyl (C=O) groups is 1. The molecule has 1 aliphatic rings. The quantitative estimate of drug-likeness (QED) is 0.779. The third kappa shape index (κ3) is 3.83. The first-order valence-electron chi connectivity index (χ1n) is 6.80. The van der Waals surface area contributed by atoms with Crippen molar-refractivity contribution in [1.29, 1.82) is 0 Å². The van der Waals surface area contributed by atoms with Gasteiger partial charge in [0.15, 0.2) is 0 Å². The lowest BCUT2D eigenvalue weighted by Gasteiger charge is -2.11. The predicted molar refractivity (Wildman–Crippen MR) is 75.9 cm³/mol. The zero-order chi connectivity index (χ0) is 13.7. The van der Waals surface area contributed by atoms with Crippen LogP contribution in [0.5, 0.6) is 0 Å². The number of aromatic nitrogens is 1. The third-order valence-corrected chi connectivity index (χ3v) is 4.06. The maximum absolute atomic E-state index is 10.9. The van der Waals surface area contributed by atoms with Crippen LogP contribution in [0, 0.1) is 5.92 Å². The number of rotatable bonds is 6. The average Bonchev–Trinajstić information content (AvgIpc) is 2.89. The van der Waals surface area contributed by atoms with Crippen LogP contribution in [0.1, 0.15) is 48.9 Å². The lowest BCUT2D eigenvalue weighted by molar-refractivity contribution is 0.0697. The monoisotopic (exact) mass is 282 g/mol. The lowest BCUT2D eigenvalue weighted by Crippen LogP contribution is -2.08. The van der Waals surface area contributed by atoms with E-state index in [1.54, 1.807) is 0 Å². The minimum absolute atomic E-state index is 0.0926. The summed E-state index contributed by atoms with van der Waals surface area (Å²) < 4.78 is 0. The van der Waals surface area contributed by atoms with Crippen LogP contribution in [-0.4, -0.2) is 22.6 Å². The minimum Gasteiger partial charge on any atom is -0.478 e. The number of pyridine rings is 1. The molecule has 0 aliphatic heterocycles. The summed E-state index contributed by atoms with van der Waals surface area (Å²) in [5.41, 5.74) is 0.0926. The third-order valence-electron chi connectivity index (χ3n) is 3.68. The predicted octanol–water partition coefficient (Wildman–Crippen LogP) is 3.82. The molecule has 0 atom stereocenters. The van der Waals surface area contributed by atoms with E-state index in [2.05, 4.69) is 10.3 Å². The minimum atomic E-state index is -1.03. The molecule has 2 N–H and O–H groups in total. The summed E-state index contributed by atoms with van der Waals surface area (Å²) in [6, 6.07) is 1.41. The summed E-state index contributed by atoms with van der Waals surface area (Å²) in [5, 5.41) is 12.3. The molecule has 1 fully saturated rings. The lowest BCUT2D eigenvalue weighted by atomic mass is 10.0. The van der Waals surface area contributed by atoms with Crippen LogP contribution in [0.4, 0.5) is 5.82 Å². The molecule has 0 saturated heterocycles. The van der Waals surface area contributed by atoms with Crippen LogP contribution in [-0.2, 0) is 0 Å². The molecule has 1 aromatic rings. The first-order chi connectivity index (χ1) is 9.18. The van der Waals surface area contributed by atoms with Crippen LogP contribution in [0.25, 0.3) is 0 Å². The van der Waals surface area contributed by atoms with Gasteiger partial charge in [0.05, 0.1) is 10.6 Å². The number of hydrogen-bond acceptors (Lipinski definition) is 3. The molecule has 4 nitrogen and oxygen atoms in total. The van der Waals surface area contributed by atoms with E-state index in [4.69, 9.17) is 16.7 Å². The molecule has 0 aromatic carbocycles. The Hall–Kier alpha value is -1.29. The molecule has 1 saturated carbocycles. The van der Waals surface area contributed by atoms with Gasteiger partial charge in [-0.2, -0.15) is 0 Å². The molecule has 0 radical (unpaired) electrons. The van der Waals surface area contributed by atoms with E-state index in [1.165, 1.54) is 44.4 Å². The highest BCUT2D eigenvalue weighted by molar-refractivity contribution is 6.35. The summed E-state index contributed by atoms with van der Waals surface area (Å²) >= 11 is 6.00. The van der Waals surface area contributed by atoms with Gasteiger partial charge in [0, 0.05) is 12.7 Å². The van der Waals surface area contributed by atoms with Crippen molar-refractivity contribution >= 4 is 23.4 Å². The molecule has 1 aliphatic carbocycles. The Kier molecular flexibility index (Phi) is 5.02. The maximum atomic E-state index is 10.9. The molecule has 5 heteroatoms. The normalized spacial score (nSPS) is 15.6. The molecule has 2 rings (SSSR count). The zero-order valence-electron chi connectivity index (χ0n) is 10.9. The molecule has 0 spiro atoms. The van der Waals surface area contributed by atoms with Gasteiger partial charge < -0.3 is 10.4 Å². The first kappa shape index (κ1) is 14.1. The van der Waals surface area contributed by atoms with Gasteiger partial charge in [0.1, 0.15) is 5.82 Å². The molecule has 1 heterocycles. The van der Waals surface area contributed by atoms with E-state index in [0.717, 1.165) is 18.9 Å². The van der Waals surface area contributed by atoms with Gasteiger partial charge in [-0.3, -0.25) is 0 Å². The smallest absolute Gasteiger partial charge is 0.337 e. The van der Waals surface area contributed by atoms with Crippen LogP contribution in [0.3, 0.4) is 0 Å². The standard InChI is InChI=1S/C14H19ClN2O2/c15-12-11(14(18)19)7-9-17-13(12)16-8-3-6-10-4-1-2-5-10/h7,9-10H,1-6,8H2,(H,16,17)(H,18,19). The van der Waals surface area contributed by atoms with Crippen molar-refractivity contribution in [1.82, 2.24) is 4.98 Å². The highest BCUT2D eigenvalue weighted by Crippen LogP contribution is 2.28. The van der Waals surface area contributed by atoms with Gasteiger partial charge in [-0.1, -0.05) is 37.3 Å². The van der Waals surface area contributed by atoms with E-state index in [-0.39, 0.29) is 10.6 Å². The Labute approximate surface area is 118 Å². The molecular weight excluding hydrogens is 264 g/mol. The van der Waals surface area contributed by atoms with Crippen molar-refractivity contribution in [2.75, 3.05) is 11.9 Å². The Bertz CT molecular complexity index is 445. The van der Waals surface area contributed by atoms with Gasteiger partial charge in [0.2, 0.25) is 0 Å². The summed E-state index contributed by atoms with van der Waals surface area (Å²) in [6.07, 6.45) is 9.21. The first-order valence-corrected chi connectivity index (χ1v) is 7.18. The van der Waals surface area contributed by atoms with E-state index >= 15 is 0 Å². The second-order valence-corrected chi connectivity index (χ2v) is 5.42. The Balaban J connectivity index is 1.82. The zero-order valence-corrected chi connectivity index (χ0v) is 11.6. The van der Waals surface area contributed by atoms with Crippen molar-refractivity contribution in [3.8, 4) is 0 Å². The molecule has 0 bridgehead atoms. The van der Waals surface area contributed by atoms with Gasteiger partial charge >= 0.3 is 5.97 Å². The van der Waals surface area contributed by atoms with Crippen molar-refractivity contribution in [3.63, 3.8) is 0 Å². The summed E-state index contributed by atoms with van der Waals surface area (Å²) in [6.45, 7) is 0.784. The fourth-order valence-corrected chi connectivity index (χ4v) is 2.89. The van der Waals surface area contributed by atoms with Crippen LogP contribution in [0.2, 0.25) is 5.02 Å². The summed E-state index contributed by atoms with van der Waals surface area (Å²) in [4.78, 5) is 15.0. The van der Waals surface area contributed by atoms with Crippen LogP contribution < -0.4 is 5.32 Å². The second kappa shape index (κ2) is 6.75. The number of halogens is 1. The number of carboxylic acid groups (broad SMARTS) is 1. The average molecular weight is 283 g/mol. The largest absolute Gasteiger partial charge is 0.478 e. The Morgan fingerprint density at radius 2 is 2.21 bits per heavy atom.